The van der Waals surface area contributed by atoms with Crippen LogP contribution in [0.25, 0.3) is 0 Å². The fourth-order valence-corrected chi connectivity index (χ4v) is 1.96. The summed E-state index contributed by atoms with van der Waals surface area (Å²) in [5, 5.41) is 9.57. The summed E-state index contributed by atoms with van der Waals surface area (Å²) in [5.41, 5.74) is -0.884. The Morgan fingerprint density at radius 1 is 1.18 bits per heavy atom. The molecule has 1 heterocycles. The van der Waals surface area contributed by atoms with Crippen LogP contribution in [0, 0.1) is 0 Å². The van der Waals surface area contributed by atoms with E-state index in [0.717, 1.165) is 19.3 Å². The Kier molecular flexibility index (Phi) is 5.00. The third-order valence-electron chi connectivity index (χ3n) is 2.94. The Morgan fingerprint density at radius 2 is 1.88 bits per heavy atom. The highest BCUT2D eigenvalue weighted by molar-refractivity contribution is 5.24. The fourth-order valence-electron chi connectivity index (χ4n) is 1.96. The number of rotatable bonds is 6. The van der Waals surface area contributed by atoms with E-state index < -0.39 is 11.2 Å². The molecule has 3 N–H and O–H groups in total. The van der Waals surface area contributed by atoms with Crippen LogP contribution in [0.4, 0.5) is 0 Å². The van der Waals surface area contributed by atoms with Crippen LogP contribution in [0.15, 0.2) is 9.59 Å². The molecule has 17 heavy (non-hydrogen) atoms. The first kappa shape index (κ1) is 13.5. The molecule has 1 atom stereocenters. The van der Waals surface area contributed by atoms with Crippen molar-refractivity contribution in [2.24, 2.45) is 0 Å². The normalized spacial score (nSPS) is 12.6. The van der Waals surface area contributed by atoms with Gasteiger partial charge in [0.15, 0.2) is 0 Å². The Bertz CT molecular complexity index is 462. The number of aromatic amines is 2. The molecular weight excluding hydrogens is 220 g/mol. The van der Waals surface area contributed by atoms with Crippen LogP contribution in [0.2, 0.25) is 0 Å². The van der Waals surface area contributed by atoms with Gasteiger partial charge in [-0.2, -0.15) is 0 Å². The first-order valence-corrected chi connectivity index (χ1v) is 6.11. The molecule has 1 aromatic rings. The van der Waals surface area contributed by atoms with Gasteiger partial charge in [-0.25, -0.2) is 4.79 Å². The highest BCUT2D eigenvalue weighted by Crippen LogP contribution is 2.23. The molecule has 5 nitrogen and oxygen atoms in total. The highest BCUT2D eigenvalue weighted by Gasteiger charge is 2.15. The number of aromatic nitrogens is 2. The maximum atomic E-state index is 11.6. The number of hydrogen-bond acceptors (Lipinski definition) is 3. The molecule has 1 rings (SSSR count). The summed E-state index contributed by atoms with van der Waals surface area (Å²) >= 11 is 0. The standard InChI is InChI=1S/C12H20N2O3/c1-3-4-5-6-7-8(2)9-10(15)13-12(17)14-11(9)16/h8H,3-7H2,1-2H3,(H3,13,14,15,16,17). The average Bonchev–Trinajstić information content (AvgIpc) is 2.23. The van der Waals surface area contributed by atoms with Gasteiger partial charge in [-0.05, 0) is 12.3 Å². The molecule has 1 unspecified atom stereocenters. The van der Waals surface area contributed by atoms with Crippen LogP contribution in [0.1, 0.15) is 57.4 Å². The van der Waals surface area contributed by atoms with E-state index in [4.69, 9.17) is 0 Å². The highest BCUT2D eigenvalue weighted by atomic mass is 16.3. The summed E-state index contributed by atoms with van der Waals surface area (Å²) in [4.78, 5) is 26.8. The number of aromatic hydroxyl groups is 1. The second-order valence-electron chi connectivity index (χ2n) is 4.42. The first-order chi connectivity index (χ1) is 8.06. The van der Waals surface area contributed by atoms with Crippen LogP contribution in [0.5, 0.6) is 5.88 Å². The van der Waals surface area contributed by atoms with Crippen LogP contribution < -0.4 is 11.2 Å². The van der Waals surface area contributed by atoms with Gasteiger partial charge in [0, 0.05) is 0 Å². The Balaban J connectivity index is 2.72. The van der Waals surface area contributed by atoms with Crippen molar-refractivity contribution in [3.8, 4) is 5.88 Å². The van der Waals surface area contributed by atoms with Gasteiger partial charge in [-0.3, -0.25) is 14.8 Å². The summed E-state index contributed by atoms with van der Waals surface area (Å²) in [7, 11) is 0. The third-order valence-corrected chi connectivity index (χ3v) is 2.94. The predicted molar refractivity (Wildman–Crippen MR) is 66.5 cm³/mol. The van der Waals surface area contributed by atoms with Gasteiger partial charge >= 0.3 is 5.69 Å². The summed E-state index contributed by atoms with van der Waals surface area (Å²) in [6.45, 7) is 4.02. The van der Waals surface area contributed by atoms with Crippen molar-refractivity contribution in [1.29, 1.82) is 0 Å². The van der Waals surface area contributed by atoms with E-state index in [1.807, 2.05) is 6.92 Å². The third kappa shape index (κ3) is 3.76. The molecule has 0 aliphatic carbocycles. The summed E-state index contributed by atoms with van der Waals surface area (Å²) in [5.74, 6) is -0.353. The second kappa shape index (κ2) is 6.27. The van der Waals surface area contributed by atoms with Crippen molar-refractivity contribution in [1.82, 2.24) is 9.97 Å². The largest absolute Gasteiger partial charge is 0.494 e. The van der Waals surface area contributed by atoms with Gasteiger partial charge in [0.05, 0.1) is 5.56 Å². The molecule has 0 spiro atoms. The maximum Gasteiger partial charge on any atom is 0.328 e. The van der Waals surface area contributed by atoms with Crippen molar-refractivity contribution in [3.63, 3.8) is 0 Å². The number of nitrogens with one attached hydrogen (secondary N) is 2. The van der Waals surface area contributed by atoms with Gasteiger partial charge in [0.1, 0.15) is 0 Å². The van der Waals surface area contributed by atoms with Crippen LogP contribution in [0.3, 0.4) is 0 Å². The zero-order valence-electron chi connectivity index (χ0n) is 10.4. The molecule has 0 aromatic carbocycles. The molecule has 5 heteroatoms. The van der Waals surface area contributed by atoms with Crippen molar-refractivity contribution in [2.75, 3.05) is 0 Å². The Labute approximate surface area is 99.9 Å². The first-order valence-electron chi connectivity index (χ1n) is 6.11. The monoisotopic (exact) mass is 240 g/mol. The lowest BCUT2D eigenvalue weighted by Crippen LogP contribution is -2.26. The minimum atomic E-state index is -0.672. The lowest BCUT2D eigenvalue weighted by Gasteiger charge is -2.11. The Morgan fingerprint density at radius 3 is 2.47 bits per heavy atom. The molecule has 0 fully saturated rings. The van der Waals surface area contributed by atoms with E-state index in [-0.39, 0.29) is 17.4 Å². The molecule has 0 amide bonds. The molecular formula is C12H20N2O3. The van der Waals surface area contributed by atoms with E-state index in [0.29, 0.717) is 0 Å². The van der Waals surface area contributed by atoms with E-state index in [9.17, 15) is 14.7 Å². The zero-order valence-corrected chi connectivity index (χ0v) is 10.4. The van der Waals surface area contributed by atoms with Gasteiger partial charge in [0.25, 0.3) is 5.56 Å². The number of H-pyrrole nitrogens is 2. The predicted octanol–water partition coefficient (Wildman–Crippen LogP) is 1.84. The second-order valence-corrected chi connectivity index (χ2v) is 4.42. The summed E-state index contributed by atoms with van der Waals surface area (Å²) in [6, 6.07) is 0. The van der Waals surface area contributed by atoms with Gasteiger partial charge in [-0.1, -0.05) is 39.5 Å². The van der Waals surface area contributed by atoms with E-state index >= 15 is 0 Å². The van der Waals surface area contributed by atoms with Crippen molar-refractivity contribution in [3.05, 3.63) is 26.4 Å². The van der Waals surface area contributed by atoms with Gasteiger partial charge in [0.2, 0.25) is 5.88 Å². The number of hydrogen-bond donors (Lipinski definition) is 3. The fraction of sp³-hybridized carbons (Fsp3) is 0.667. The van der Waals surface area contributed by atoms with Crippen molar-refractivity contribution in [2.45, 2.75) is 51.9 Å². The molecule has 0 saturated heterocycles. The van der Waals surface area contributed by atoms with Crippen LogP contribution >= 0.6 is 0 Å². The summed E-state index contributed by atoms with van der Waals surface area (Å²) in [6.07, 6.45) is 5.33. The van der Waals surface area contributed by atoms with Gasteiger partial charge < -0.3 is 5.11 Å². The van der Waals surface area contributed by atoms with E-state index in [1.165, 1.54) is 12.8 Å². The van der Waals surface area contributed by atoms with E-state index in [2.05, 4.69) is 16.9 Å². The molecule has 0 saturated carbocycles. The lowest BCUT2D eigenvalue weighted by molar-refractivity contribution is 0.430. The average molecular weight is 240 g/mol. The minimum absolute atomic E-state index is 0.0487. The summed E-state index contributed by atoms with van der Waals surface area (Å²) < 4.78 is 0. The SMILES string of the molecule is CCCCCCC(C)c1c(O)[nH]c(=O)[nH]c1=O. The maximum absolute atomic E-state index is 11.6. The lowest BCUT2D eigenvalue weighted by atomic mass is 9.96. The Hall–Kier alpha value is -1.52. The zero-order chi connectivity index (χ0) is 12.8. The molecule has 0 bridgehead atoms. The minimum Gasteiger partial charge on any atom is -0.494 e. The van der Waals surface area contributed by atoms with E-state index in [1.54, 1.807) is 0 Å². The van der Waals surface area contributed by atoms with Crippen LogP contribution in [-0.4, -0.2) is 15.1 Å². The van der Waals surface area contributed by atoms with Crippen molar-refractivity contribution < 1.29 is 5.11 Å². The molecule has 96 valence electrons. The van der Waals surface area contributed by atoms with Gasteiger partial charge in [-0.15, -0.1) is 0 Å². The molecule has 0 aliphatic heterocycles. The van der Waals surface area contributed by atoms with Crippen LogP contribution in [-0.2, 0) is 0 Å². The molecule has 0 aliphatic rings. The van der Waals surface area contributed by atoms with Crippen molar-refractivity contribution >= 4 is 0 Å². The molecule has 1 aromatic heterocycles. The quantitative estimate of drug-likeness (QED) is 0.663. The molecule has 0 radical (unpaired) electrons. The smallest absolute Gasteiger partial charge is 0.328 e. The topological polar surface area (TPSA) is 85.9 Å². The number of unbranched alkanes of at least 4 members (excludes halogenated alkanes) is 3.